The Morgan fingerprint density at radius 3 is 2.39 bits per heavy atom. The predicted molar refractivity (Wildman–Crippen MR) is 153 cm³/mol. The standard InChI is InChI=1S/C30H38N4O3S/c1-37-24-11-7-10-23(20-24)31-29(38)33-17-14-30(15-18-33)16-19-34(21-30)28(36)25-12-5-6-13-26(25)32-27(35)22-8-3-2-4-9-22/h2-4,7-11,20,25-26H,5-6,12-19,21H2,1H3,(H,31,38)(H,32,35). The normalized spacial score (nSPS) is 22.7. The highest BCUT2D eigenvalue weighted by atomic mass is 32.1. The van der Waals surface area contributed by atoms with Crippen molar-refractivity contribution in [1.29, 1.82) is 0 Å². The Balaban J connectivity index is 1.15. The summed E-state index contributed by atoms with van der Waals surface area (Å²) in [4.78, 5) is 30.8. The van der Waals surface area contributed by atoms with Gasteiger partial charge in [-0.05, 0) is 74.0 Å². The molecule has 38 heavy (non-hydrogen) atoms. The number of piperidine rings is 1. The number of hydrogen-bond donors (Lipinski definition) is 2. The molecule has 8 heteroatoms. The summed E-state index contributed by atoms with van der Waals surface area (Å²) in [5.41, 5.74) is 1.73. The summed E-state index contributed by atoms with van der Waals surface area (Å²) in [6.45, 7) is 3.39. The summed E-state index contributed by atoms with van der Waals surface area (Å²) in [6, 6.07) is 17.0. The molecule has 2 amide bonds. The molecule has 3 aliphatic rings. The number of amides is 2. The number of ether oxygens (including phenoxy) is 1. The molecule has 1 spiro atoms. The maximum absolute atomic E-state index is 13.7. The maximum atomic E-state index is 13.7. The second-order valence-corrected chi connectivity index (χ2v) is 11.4. The van der Waals surface area contributed by atoms with E-state index in [0.717, 1.165) is 87.7 Å². The van der Waals surface area contributed by atoms with Gasteiger partial charge >= 0.3 is 0 Å². The molecule has 5 rings (SSSR count). The highest BCUT2D eigenvalue weighted by molar-refractivity contribution is 7.80. The van der Waals surface area contributed by atoms with E-state index in [2.05, 4.69) is 20.4 Å². The van der Waals surface area contributed by atoms with Crippen molar-refractivity contribution in [3.8, 4) is 5.75 Å². The van der Waals surface area contributed by atoms with Crippen molar-refractivity contribution in [3.63, 3.8) is 0 Å². The molecule has 2 heterocycles. The number of carbonyl (C=O) groups is 2. The van der Waals surface area contributed by atoms with Gasteiger partial charge in [-0.1, -0.05) is 37.1 Å². The Morgan fingerprint density at radius 2 is 1.66 bits per heavy atom. The van der Waals surface area contributed by atoms with Gasteiger partial charge in [-0.25, -0.2) is 0 Å². The summed E-state index contributed by atoms with van der Waals surface area (Å²) >= 11 is 5.71. The highest BCUT2D eigenvalue weighted by Gasteiger charge is 2.45. The van der Waals surface area contributed by atoms with Crippen LogP contribution < -0.4 is 15.4 Å². The first-order valence-electron chi connectivity index (χ1n) is 13.8. The van der Waals surface area contributed by atoms with Crippen LogP contribution in [0.3, 0.4) is 0 Å². The van der Waals surface area contributed by atoms with E-state index in [1.54, 1.807) is 7.11 Å². The predicted octanol–water partition coefficient (Wildman–Crippen LogP) is 4.70. The van der Waals surface area contributed by atoms with Crippen LogP contribution in [0.2, 0.25) is 0 Å². The lowest BCUT2D eigenvalue weighted by molar-refractivity contribution is -0.136. The van der Waals surface area contributed by atoms with Crippen LogP contribution in [0, 0.1) is 11.3 Å². The minimum absolute atomic E-state index is 0.0842. The quantitative estimate of drug-likeness (QED) is 0.542. The van der Waals surface area contributed by atoms with Crippen LogP contribution in [0.15, 0.2) is 54.6 Å². The number of anilines is 1. The van der Waals surface area contributed by atoms with Crippen LogP contribution in [-0.4, -0.2) is 66.1 Å². The van der Waals surface area contributed by atoms with Crippen molar-refractivity contribution in [2.75, 3.05) is 38.6 Å². The first-order valence-corrected chi connectivity index (χ1v) is 14.2. The lowest BCUT2D eigenvalue weighted by Gasteiger charge is -2.40. The van der Waals surface area contributed by atoms with Gasteiger partial charge in [-0.3, -0.25) is 9.59 Å². The average Bonchev–Trinajstić information content (AvgIpc) is 3.37. The van der Waals surface area contributed by atoms with Crippen LogP contribution in [0.4, 0.5) is 5.69 Å². The van der Waals surface area contributed by atoms with Crippen molar-refractivity contribution >= 4 is 34.8 Å². The van der Waals surface area contributed by atoms with E-state index in [1.807, 2.05) is 54.6 Å². The number of methoxy groups -OCH3 is 1. The zero-order chi connectivity index (χ0) is 26.5. The Morgan fingerprint density at radius 1 is 0.947 bits per heavy atom. The molecular formula is C30H38N4O3S. The molecule has 2 atom stereocenters. The van der Waals surface area contributed by atoms with Crippen molar-refractivity contribution in [1.82, 2.24) is 15.1 Å². The lowest BCUT2D eigenvalue weighted by Crippen LogP contribution is -2.50. The van der Waals surface area contributed by atoms with Gasteiger partial charge in [0.2, 0.25) is 5.91 Å². The van der Waals surface area contributed by atoms with Crippen molar-refractivity contribution in [3.05, 3.63) is 60.2 Å². The number of nitrogens with zero attached hydrogens (tertiary/aromatic N) is 2. The van der Waals surface area contributed by atoms with Crippen LogP contribution >= 0.6 is 12.2 Å². The molecule has 0 radical (unpaired) electrons. The van der Waals surface area contributed by atoms with E-state index in [9.17, 15) is 9.59 Å². The van der Waals surface area contributed by atoms with E-state index in [1.165, 1.54) is 0 Å². The van der Waals surface area contributed by atoms with Crippen LogP contribution in [0.25, 0.3) is 0 Å². The van der Waals surface area contributed by atoms with Gasteiger partial charge < -0.3 is 25.2 Å². The van der Waals surface area contributed by atoms with Crippen LogP contribution in [0.5, 0.6) is 5.75 Å². The van der Waals surface area contributed by atoms with Gasteiger partial charge in [0.25, 0.3) is 5.91 Å². The van der Waals surface area contributed by atoms with E-state index in [-0.39, 0.29) is 29.2 Å². The van der Waals surface area contributed by atoms with Crippen molar-refractivity contribution < 1.29 is 14.3 Å². The molecule has 0 bridgehead atoms. The topological polar surface area (TPSA) is 73.9 Å². The van der Waals surface area contributed by atoms with Gasteiger partial charge in [0.05, 0.1) is 13.0 Å². The van der Waals surface area contributed by atoms with E-state index in [0.29, 0.717) is 5.56 Å². The molecule has 2 N–H and O–H groups in total. The molecule has 2 saturated heterocycles. The number of thiocarbonyl (C=S) groups is 1. The largest absolute Gasteiger partial charge is 0.497 e. The van der Waals surface area contributed by atoms with E-state index >= 15 is 0 Å². The van der Waals surface area contributed by atoms with Gasteiger partial charge in [0, 0.05) is 49.5 Å². The number of nitrogens with one attached hydrogen (secondary N) is 2. The number of likely N-dealkylation sites (tertiary alicyclic amines) is 2. The van der Waals surface area contributed by atoms with E-state index < -0.39 is 0 Å². The smallest absolute Gasteiger partial charge is 0.251 e. The maximum Gasteiger partial charge on any atom is 0.251 e. The Labute approximate surface area is 230 Å². The lowest BCUT2D eigenvalue weighted by atomic mass is 9.77. The molecule has 3 fully saturated rings. The van der Waals surface area contributed by atoms with Gasteiger partial charge in [0.15, 0.2) is 5.11 Å². The summed E-state index contributed by atoms with van der Waals surface area (Å²) in [7, 11) is 1.66. The number of rotatable bonds is 5. The van der Waals surface area contributed by atoms with Crippen LogP contribution in [-0.2, 0) is 4.79 Å². The fourth-order valence-corrected chi connectivity index (χ4v) is 6.59. The summed E-state index contributed by atoms with van der Waals surface area (Å²) in [5.74, 6) is 0.800. The first-order chi connectivity index (χ1) is 18.5. The Hall–Kier alpha value is -3.13. The molecule has 1 saturated carbocycles. The monoisotopic (exact) mass is 534 g/mol. The zero-order valence-corrected chi connectivity index (χ0v) is 23.0. The van der Waals surface area contributed by atoms with Crippen LogP contribution in [0.1, 0.15) is 55.3 Å². The molecule has 1 aliphatic carbocycles. The Kier molecular flexibility index (Phi) is 8.17. The van der Waals surface area contributed by atoms with E-state index in [4.69, 9.17) is 17.0 Å². The van der Waals surface area contributed by atoms with Gasteiger partial charge in [-0.15, -0.1) is 0 Å². The molecule has 2 aliphatic heterocycles. The van der Waals surface area contributed by atoms with Crippen molar-refractivity contribution in [2.45, 2.75) is 51.0 Å². The minimum atomic E-state index is -0.133. The highest BCUT2D eigenvalue weighted by Crippen LogP contribution is 2.41. The molecule has 0 aromatic heterocycles. The second kappa shape index (κ2) is 11.7. The zero-order valence-electron chi connectivity index (χ0n) is 22.2. The third-order valence-corrected chi connectivity index (χ3v) is 8.98. The molecule has 7 nitrogen and oxygen atoms in total. The first kappa shape index (κ1) is 26.5. The molecule has 202 valence electrons. The molecule has 2 unspecified atom stereocenters. The summed E-state index contributed by atoms with van der Waals surface area (Å²) in [6.07, 6.45) is 6.88. The van der Waals surface area contributed by atoms with Gasteiger partial charge in [0.1, 0.15) is 5.75 Å². The molecule has 2 aromatic carbocycles. The summed E-state index contributed by atoms with van der Waals surface area (Å²) < 4.78 is 5.31. The summed E-state index contributed by atoms with van der Waals surface area (Å²) in [5, 5.41) is 7.26. The molecular weight excluding hydrogens is 496 g/mol. The molecule has 2 aromatic rings. The fraction of sp³-hybridized carbons (Fsp3) is 0.500. The Bertz CT molecular complexity index is 1150. The number of carbonyl (C=O) groups excluding carboxylic acids is 2. The second-order valence-electron chi connectivity index (χ2n) is 11.0. The third kappa shape index (κ3) is 5.96. The SMILES string of the molecule is COc1cccc(NC(=S)N2CCC3(CCN(C(=O)C4CCCCC4NC(=O)c4ccccc4)C3)CC2)c1. The van der Waals surface area contributed by atoms with Gasteiger partial charge in [-0.2, -0.15) is 0 Å². The number of hydrogen-bond acceptors (Lipinski definition) is 4. The number of benzene rings is 2. The fourth-order valence-electron chi connectivity index (χ4n) is 6.29. The third-order valence-electron chi connectivity index (χ3n) is 8.62. The van der Waals surface area contributed by atoms with Crippen molar-refractivity contribution in [2.24, 2.45) is 11.3 Å². The minimum Gasteiger partial charge on any atom is -0.497 e. The average molecular weight is 535 g/mol.